The van der Waals surface area contributed by atoms with Gasteiger partial charge in [-0.1, -0.05) is 18.2 Å². The Morgan fingerprint density at radius 3 is 2.53 bits per heavy atom. The number of urea groups is 1. The lowest BCUT2D eigenvalue weighted by Gasteiger charge is -2.26. The second-order valence-electron chi connectivity index (χ2n) is 8.08. The van der Waals surface area contributed by atoms with E-state index in [4.69, 9.17) is 14.2 Å². The van der Waals surface area contributed by atoms with Crippen LogP contribution in [0.15, 0.2) is 65.1 Å². The maximum absolute atomic E-state index is 13.5. The highest BCUT2D eigenvalue weighted by molar-refractivity contribution is 7.12. The van der Waals surface area contributed by atoms with Gasteiger partial charge in [0.25, 0.3) is 5.91 Å². The Kier molecular flexibility index (Phi) is 7.74. The molecule has 0 saturated heterocycles. The van der Waals surface area contributed by atoms with Gasteiger partial charge in [-0.15, -0.1) is 11.3 Å². The molecule has 0 fully saturated rings. The number of ether oxygens (including phenoxy) is 3. The molecular formula is C26H28N4O5S. The molecule has 0 saturated carbocycles. The van der Waals surface area contributed by atoms with Crippen molar-refractivity contribution in [1.82, 2.24) is 9.91 Å². The lowest BCUT2D eigenvalue weighted by atomic mass is 9.99. The minimum atomic E-state index is -0.440. The van der Waals surface area contributed by atoms with Crippen molar-refractivity contribution in [2.24, 2.45) is 5.10 Å². The number of likely N-dealkylation sites (N-methyl/N-ethyl adjacent to an activating group) is 1. The molecule has 1 aliphatic rings. The van der Waals surface area contributed by atoms with Crippen molar-refractivity contribution in [3.05, 3.63) is 70.4 Å². The number of para-hydroxylation sites is 2. The molecule has 1 aliphatic heterocycles. The van der Waals surface area contributed by atoms with Gasteiger partial charge in [-0.05, 0) is 41.8 Å². The second kappa shape index (κ2) is 11.1. The highest BCUT2D eigenvalue weighted by Crippen LogP contribution is 2.39. The number of carbonyl (C=O) groups excluding carboxylic acids is 2. The van der Waals surface area contributed by atoms with Crippen molar-refractivity contribution in [2.75, 3.05) is 40.2 Å². The molecule has 4 rings (SSSR count). The quantitative estimate of drug-likeness (QED) is 0.480. The second-order valence-corrected chi connectivity index (χ2v) is 9.02. The van der Waals surface area contributed by atoms with Gasteiger partial charge in [-0.25, -0.2) is 9.80 Å². The van der Waals surface area contributed by atoms with E-state index in [1.165, 1.54) is 17.0 Å². The molecule has 3 aromatic rings. The first-order valence-electron chi connectivity index (χ1n) is 11.3. The van der Waals surface area contributed by atoms with Crippen LogP contribution in [-0.4, -0.2) is 62.5 Å². The van der Waals surface area contributed by atoms with Crippen LogP contribution in [0.4, 0.5) is 10.5 Å². The van der Waals surface area contributed by atoms with Crippen molar-refractivity contribution in [1.29, 1.82) is 0 Å². The molecule has 1 N–H and O–H groups in total. The summed E-state index contributed by atoms with van der Waals surface area (Å²) in [5.41, 5.74) is 2.10. The van der Waals surface area contributed by atoms with Crippen LogP contribution >= 0.6 is 11.3 Å². The van der Waals surface area contributed by atoms with Gasteiger partial charge in [0.1, 0.15) is 23.8 Å². The van der Waals surface area contributed by atoms with Crippen LogP contribution in [0.5, 0.6) is 17.2 Å². The standard InChI is InChI=1S/C26H28N4O5S/c1-29(26(32)27-19-8-5-6-9-23(19)35-4)16-25(31)30-21(15-20(28-30)24-10-7-13-36-24)18-14-17(33-2)11-12-22(18)34-3/h5-14,21H,15-16H2,1-4H3,(H,27,32). The monoisotopic (exact) mass is 508 g/mol. The lowest BCUT2D eigenvalue weighted by Crippen LogP contribution is -2.41. The van der Waals surface area contributed by atoms with Crippen LogP contribution in [0.1, 0.15) is 22.9 Å². The molecule has 10 heteroatoms. The van der Waals surface area contributed by atoms with Gasteiger partial charge in [-0.3, -0.25) is 4.79 Å². The molecule has 0 radical (unpaired) electrons. The van der Waals surface area contributed by atoms with Gasteiger partial charge < -0.3 is 24.4 Å². The molecule has 0 bridgehead atoms. The van der Waals surface area contributed by atoms with Gasteiger partial charge in [0.2, 0.25) is 0 Å². The van der Waals surface area contributed by atoms with Crippen LogP contribution in [0.2, 0.25) is 0 Å². The summed E-state index contributed by atoms with van der Waals surface area (Å²) in [5, 5.41) is 10.9. The van der Waals surface area contributed by atoms with E-state index in [0.29, 0.717) is 29.4 Å². The Morgan fingerprint density at radius 1 is 1.06 bits per heavy atom. The number of thiophene rings is 1. The van der Waals surface area contributed by atoms with Gasteiger partial charge >= 0.3 is 6.03 Å². The number of methoxy groups -OCH3 is 3. The maximum Gasteiger partial charge on any atom is 0.322 e. The van der Waals surface area contributed by atoms with Gasteiger partial charge in [0, 0.05) is 19.0 Å². The summed E-state index contributed by atoms with van der Waals surface area (Å²) in [6.07, 6.45) is 0.507. The number of hydrogen-bond acceptors (Lipinski definition) is 7. The topological polar surface area (TPSA) is 92.7 Å². The third-order valence-corrected chi connectivity index (χ3v) is 6.75. The first kappa shape index (κ1) is 25.1. The fourth-order valence-electron chi connectivity index (χ4n) is 3.98. The number of nitrogens with zero attached hydrogens (tertiary/aromatic N) is 3. The van der Waals surface area contributed by atoms with Crippen LogP contribution in [0.3, 0.4) is 0 Å². The Balaban J connectivity index is 1.57. The minimum Gasteiger partial charge on any atom is -0.497 e. The van der Waals surface area contributed by atoms with Crippen LogP contribution in [-0.2, 0) is 4.79 Å². The molecule has 188 valence electrons. The number of hydrogen-bond donors (Lipinski definition) is 1. The Morgan fingerprint density at radius 2 is 1.83 bits per heavy atom. The number of benzene rings is 2. The number of nitrogens with one attached hydrogen (secondary N) is 1. The SMILES string of the molecule is COc1ccc(OC)c(C2CC(c3cccs3)=NN2C(=O)CN(C)C(=O)Nc2ccccc2OC)c1. The lowest BCUT2D eigenvalue weighted by molar-refractivity contribution is -0.133. The first-order chi connectivity index (χ1) is 17.4. The summed E-state index contributed by atoms with van der Waals surface area (Å²) in [4.78, 5) is 28.6. The molecule has 2 heterocycles. The van der Waals surface area contributed by atoms with Crippen molar-refractivity contribution >= 4 is 34.7 Å². The van der Waals surface area contributed by atoms with E-state index in [9.17, 15) is 9.59 Å². The number of rotatable bonds is 8. The number of carbonyl (C=O) groups is 2. The maximum atomic E-state index is 13.5. The van der Waals surface area contributed by atoms with Gasteiger partial charge in [0.05, 0.1) is 43.6 Å². The molecule has 3 amide bonds. The number of anilines is 1. The molecule has 1 atom stereocenters. The molecule has 0 spiro atoms. The number of hydrazone groups is 1. The van der Waals surface area contributed by atoms with E-state index < -0.39 is 12.1 Å². The zero-order valence-corrected chi connectivity index (χ0v) is 21.4. The summed E-state index contributed by atoms with van der Waals surface area (Å²) in [5.74, 6) is 1.48. The third-order valence-electron chi connectivity index (χ3n) is 5.84. The van der Waals surface area contributed by atoms with Gasteiger partial charge in [0.15, 0.2) is 0 Å². The predicted molar refractivity (Wildman–Crippen MR) is 139 cm³/mol. The van der Waals surface area contributed by atoms with Crippen LogP contribution in [0, 0.1) is 0 Å². The largest absolute Gasteiger partial charge is 0.497 e. The third kappa shape index (κ3) is 5.28. The van der Waals surface area contributed by atoms with Crippen LogP contribution < -0.4 is 19.5 Å². The van der Waals surface area contributed by atoms with Crippen molar-refractivity contribution in [2.45, 2.75) is 12.5 Å². The molecule has 0 aliphatic carbocycles. The summed E-state index contributed by atoms with van der Waals surface area (Å²) < 4.78 is 16.3. The fourth-order valence-corrected chi connectivity index (χ4v) is 4.70. The predicted octanol–water partition coefficient (Wildman–Crippen LogP) is 4.62. The van der Waals surface area contributed by atoms with E-state index in [0.717, 1.165) is 16.2 Å². The normalized spacial score (nSPS) is 14.7. The highest BCUT2D eigenvalue weighted by Gasteiger charge is 2.36. The molecular weight excluding hydrogens is 480 g/mol. The minimum absolute atomic E-state index is 0.176. The van der Waals surface area contributed by atoms with E-state index in [1.807, 2.05) is 35.7 Å². The summed E-state index contributed by atoms with van der Waals surface area (Å²) in [6.45, 7) is -0.176. The van der Waals surface area contributed by atoms with E-state index >= 15 is 0 Å². The molecule has 9 nitrogen and oxygen atoms in total. The number of amides is 3. The average molecular weight is 509 g/mol. The molecule has 1 unspecified atom stereocenters. The van der Waals surface area contributed by atoms with E-state index in [1.54, 1.807) is 56.9 Å². The Hall–Kier alpha value is -4.05. The summed E-state index contributed by atoms with van der Waals surface area (Å²) in [7, 11) is 6.26. The summed E-state index contributed by atoms with van der Waals surface area (Å²) >= 11 is 1.56. The molecule has 2 aromatic carbocycles. The molecule has 1 aromatic heterocycles. The highest BCUT2D eigenvalue weighted by atomic mass is 32.1. The Labute approximate surface area is 213 Å². The Bertz CT molecular complexity index is 1260. The smallest absolute Gasteiger partial charge is 0.322 e. The zero-order chi connectivity index (χ0) is 25.7. The zero-order valence-electron chi connectivity index (χ0n) is 20.6. The molecule has 36 heavy (non-hydrogen) atoms. The van der Waals surface area contributed by atoms with Crippen LogP contribution in [0.25, 0.3) is 0 Å². The summed E-state index contributed by atoms with van der Waals surface area (Å²) in [6, 6.07) is 15.6. The van der Waals surface area contributed by atoms with Crippen molar-refractivity contribution in [3.8, 4) is 17.2 Å². The van der Waals surface area contributed by atoms with E-state index in [2.05, 4.69) is 10.4 Å². The average Bonchev–Trinajstić information content (AvgIpc) is 3.59. The van der Waals surface area contributed by atoms with Crippen molar-refractivity contribution < 1.29 is 23.8 Å². The van der Waals surface area contributed by atoms with Crippen molar-refractivity contribution in [3.63, 3.8) is 0 Å². The van der Waals surface area contributed by atoms with Gasteiger partial charge in [-0.2, -0.15) is 5.10 Å². The fraction of sp³-hybridized carbons (Fsp3) is 0.269. The van der Waals surface area contributed by atoms with E-state index in [-0.39, 0.29) is 12.5 Å². The first-order valence-corrected chi connectivity index (χ1v) is 12.1.